The van der Waals surface area contributed by atoms with Gasteiger partial charge in [0.2, 0.25) is 5.88 Å². The first-order valence-corrected chi connectivity index (χ1v) is 6.88. The van der Waals surface area contributed by atoms with Crippen molar-refractivity contribution in [1.82, 2.24) is 15.0 Å². The molecule has 0 aromatic carbocycles. The summed E-state index contributed by atoms with van der Waals surface area (Å²) in [5.74, 6) is 2.02. The Balaban J connectivity index is 2.32. The third kappa shape index (κ3) is 4.13. The first-order chi connectivity index (χ1) is 10.3. The molecule has 1 N–H and O–H groups in total. The van der Waals surface area contributed by atoms with Crippen molar-refractivity contribution in [3.8, 4) is 17.1 Å². The molecule has 0 amide bonds. The summed E-state index contributed by atoms with van der Waals surface area (Å²) in [7, 11) is 3.22. The highest BCUT2D eigenvalue weighted by Gasteiger charge is 2.07. The maximum atomic E-state index is 5.13. The van der Waals surface area contributed by atoms with E-state index in [4.69, 9.17) is 9.47 Å². The minimum absolute atomic E-state index is 0.373. The first kappa shape index (κ1) is 15.2. The summed E-state index contributed by atoms with van der Waals surface area (Å²) in [5.41, 5.74) is 1.72. The SMILES string of the molecule is CCCNc1cc(-c2ccc(OC)nc2)nc(COC)n1. The van der Waals surface area contributed by atoms with E-state index < -0.39 is 0 Å². The van der Waals surface area contributed by atoms with Crippen LogP contribution < -0.4 is 10.1 Å². The summed E-state index contributed by atoms with van der Waals surface area (Å²) in [6, 6.07) is 5.65. The second kappa shape index (κ2) is 7.54. The van der Waals surface area contributed by atoms with Gasteiger partial charge in [-0.3, -0.25) is 0 Å². The highest BCUT2D eigenvalue weighted by molar-refractivity contribution is 5.62. The van der Waals surface area contributed by atoms with Crippen LogP contribution in [0.4, 0.5) is 5.82 Å². The topological polar surface area (TPSA) is 69.2 Å². The second-order valence-corrected chi connectivity index (χ2v) is 4.50. The van der Waals surface area contributed by atoms with Crippen molar-refractivity contribution < 1.29 is 9.47 Å². The summed E-state index contributed by atoms with van der Waals surface area (Å²) in [6.45, 7) is 3.35. The number of hydrogen-bond acceptors (Lipinski definition) is 6. The van der Waals surface area contributed by atoms with Gasteiger partial charge in [-0.2, -0.15) is 0 Å². The van der Waals surface area contributed by atoms with Crippen molar-refractivity contribution in [2.45, 2.75) is 20.0 Å². The third-order valence-corrected chi connectivity index (χ3v) is 2.84. The average Bonchev–Trinajstić information content (AvgIpc) is 2.53. The molecule has 0 aliphatic heterocycles. The largest absolute Gasteiger partial charge is 0.481 e. The quantitative estimate of drug-likeness (QED) is 0.844. The van der Waals surface area contributed by atoms with Crippen LogP contribution in [0.2, 0.25) is 0 Å². The lowest BCUT2D eigenvalue weighted by Gasteiger charge is -2.09. The van der Waals surface area contributed by atoms with Crippen molar-refractivity contribution in [2.75, 3.05) is 26.1 Å². The number of anilines is 1. The Labute approximate surface area is 124 Å². The number of ether oxygens (including phenoxy) is 2. The molecular formula is C15H20N4O2. The van der Waals surface area contributed by atoms with Gasteiger partial charge in [0.25, 0.3) is 0 Å². The molecule has 2 aromatic rings. The number of hydrogen-bond donors (Lipinski definition) is 1. The molecular weight excluding hydrogens is 268 g/mol. The second-order valence-electron chi connectivity index (χ2n) is 4.50. The molecule has 0 saturated heterocycles. The molecule has 0 fully saturated rings. The number of rotatable bonds is 7. The highest BCUT2D eigenvalue weighted by atomic mass is 16.5. The van der Waals surface area contributed by atoms with Gasteiger partial charge in [0, 0.05) is 37.5 Å². The fraction of sp³-hybridized carbons (Fsp3) is 0.400. The van der Waals surface area contributed by atoms with Crippen molar-refractivity contribution in [2.24, 2.45) is 0 Å². The molecule has 2 rings (SSSR count). The van der Waals surface area contributed by atoms with E-state index in [-0.39, 0.29) is 0 Å². The van der Waals surface area contributed by atoms with Gasteiger partial charge in [-0.25, -0.2) is 15.0 Å². The van der Waals surface area contributed by atoms with Crippen molar-refractivity contribution in [3.05, 3.63) is 30.2 Å². The Morgan fingerprint density at radius 1 is 1.19 bits per heavy atom. The van der Waals surface area contributed by atoms with E-state index in [9.17, 15) is 0 Å². The number of aromatic nitrogens is 3. The molecule has 0 bridgehead atoms. The fourth-order valence-corrected chi connectivity index (χ4v) is 1.83. The molecule has 2 aromatic heterocycles. The molecule has 0 aliphatic rings. The average molecular weight is 288 g/mol. The maximum Gasteiger partial charge on any atom is 0.212 e. The lowest BCUT2D eigenvalue weighted by molar-refractivity contribution is 0.178. The molecule has 0 atom stereocenters. The van der Waals surface area contributed by atoms with Gasteiger partial charge in [-0.15, -0.1) is 0 Å². The van der Waals surface area contributed by atoms with E-state index in [2.05, 4.69) is 27.2 Å². The fourth-order valence-electron chi connectivity index (χ4n) is 1.83. The van der Waals surface area contributed by atoms with E-state index in [0.29, 0.717) is 18.3 Å². The zero-order valence-electron chi connectivity index (χ0n) is 12.6. The van der Waals surface area contributed by atoms with Crippen molar-refractivity contribution >= 4 is 5.82 Å². The van der Waals surface area contributed by atoms with Crippen LogP contribution in [0.15, 0.2) is 24.4 Å². The van der Waals surface area contributed by atoms with E-state index in [1.165, 1.54) is 0 Å². The Morgan fingerprint density at radius 3 is 2.67 bits per heavy atom. The number of methoxy groups -OCH3 is 2. The van der Waals surface area contributed by atoms with Gasteiger partial charge in [0.05, 0.1) is 12.8 Å². The van der Waals surface area contributed by atoms with Gasteiger partial charge in [0.15, 0.2) is 5.82 Å². The number of nitrogens with one attached hydrogen (secondary N) is 1. The maximum absolute atomic E-state index is 5.13. The monoisotopic (exact) mass is 288 g/mol. The zero-order chi connectivity index (χ0) is 15.1. The van der Waals surface area contributed by atoms with Gasteiger partial charge in [-0.1, -0.05) is 6.92 Å². The Bertz CT molecular complexity index is 572. The molecule has 6 heteroatoms. The predicted molar refractivity (Wildman–Crippen MR) is 81.3 cm³/mol. The summed E-state index contributed by atoms with van der Waals surface area (Å²) in [6.07, 6.45) is 2.77. The van der Waals surface area contributed by atoms with E-state index in [1.54, 1.807) is 20.4 Å². The van der Waals surface area contributed by atoms with Crippen molar-refractivity contribution in [1.29, 1.82) is 0 Å². The molecule has 21 heavy (non-hydrogen) atoms. The standard InChI is InChI=1S/C15H20N4O2/c1-4-7-16-13-8-12(18-14(19-13)10-20-2)11-5-6-15(21-3)17-9-11/h5-6,8-9H,4,7,10H2,1-3H3,(H,16,18,19). The van der Waals surface area contributed by atoms with Crippen LogP contribution in [0.5, 0.6) is 5.88 Å². The smallest absolute Gasteiger partial charge is 0.212 e. The molecule has 0 aliphatic carbocycles. The van der Waals surface area contributed by atoms with E-state index in [1.807, 2.05) is 18.2 Å². The van der Waals surface area contributed by atoms with Crippen LogP contribution in [0.1, 0.15) is 19.2 Å². The van der Waals surface area contributed by atoms with Gasteiger partial charge >= 0.3 is 0 Å². The van der Waals surface area contributed by atoms with Crippen LogP contribution in [0, 0.1) is 0 Å². The molecule has 0 radical (unpaired) electrons. The van der Waals surface area contributed by atoms with Crippen LogP contribution in [-0.4, -0.2) is 35.7 Å². The van der Waals surface area contributed by atoms with E-state index in [0.717, 1.165) is 30.0 Å². The van der Waals surface area contributed by atoms with Crippen LogP contribution >= 0.6 is 0 Å². The minimum Gasteiger partial charge on any atom is -0.481 e. The lowest BCUT2D eigenvalue weighted by atomic mass is 10.2. The van der Waals surface area contributed by atoms with E-state index >= 15 is 0 Å². The molecule has 0 unspecified atom stereocenters. The predicted octanol–water partition coefficient (Wildman–Crippen LogP) is 2.52. The summed E-state index contributed by atoms with van der Waals surface area (Å²) < 4.78 is 10.2. The van der Waals surface area contributed by atoms with Gasteiger partial charge in [-0.05, 0) is 12.5 Å². The summed E-state index contributed by atoms with van der Waals surface area (Å²) in [5, 5.41) is 3.27. The lowest BCUT2D eigenvalue weighted by Crippen LogP contribution is -2.06. The summed E-state index contributed by atoms with van der Waals surface area (Å²) >= 11 is 0. The van der Waals surface area contributed by atoms with Crippen LogP contribution in [0.25, 0.3) is 11.3 Å². The third-order valence-electron chi connectivity index (χ3n) is 2.84. The molecule has 2 heterocycles. The van der Waals surface area contributed by atoms with Gasteiger partial charge in [0.1, 0.15) is 12.4 Å². The molecule has 0 spiro atoms. The zero-order valence-corrected chi connectivity index (χ0v) is 12.6. The Morgan fingerprint density at radius 2 is 2.05 bits per heavy atom. The number of nitrogens with zero attached hydrogens (tertiary/aromatic N) is 3. The molecule has 0 saturated carbocycles. The minimum atomic E-state index is 0.373. The normalized spacial score (nSPS) is 10.4. The Kier molecular flexibility index (Phi) is 5.45. The highest BCUT2D eigenvalue weighted by Crippen LogP contribution is 2.21. The van der Waals surface area contributed by atoms with Crippen molar-refractivity contribution in [3.63, 3.8) is 0 Å². The molecule has 6 nitrogen and oxygen atoms in total. The van der Waals surface area contributed by atoms with Gasteiger partial charge < -0.3 is 14.8 Å². The first-order valence-electron chi connectivity index (χ1n) is 6.88. The van der Waals surface area contributed by atoms with Crippen LogP contribution in [-0.2, 0) is 11.3 Å². The Hall–Kier alpha value is -2.21. The summed E-state index contributed by atoms with van der Waals surface area (Å²) in [4.78, 5) is 13.1. The van der Waals surface area contributed by atoms with Crippen LogP contribution in [0.3, 0.4) is 0 Å². The molecule has 112 valence electrons. The number of pyridine rings is 1.